The van der Waals surface area contributed by atoms with E-state index >= 15 is 0 Å². The average molecular weight is 370 g/mol. The van der Waals surface area contributed by atoms with Crippen molar-refractivity contribution in [2.75, 3.05) is 6.54 Å². The Balaban J connectivity index is 1.38. The highest BCUT2D eigenvalue weighted by Crippen LogP contribution is 2.13. The van der Waals surface area contributed by atoms with Crippen LogP contribution in [0, 0.1) is 0 Å². The molecule has 5 nitrogen and oxygen atoms in total. The number of amides is 1. The molecule has 2 aromatic carbocycles. The Labute approximate surface area is 164 Å². The molecular formula is C23H22N4O. The van der Waals surface area contributed by atoms with Gasteiger partial charge in [-0.2, -0.15) is 0 Å². The average Bonchev–Trinajstić information content (AvgIpc) is 3.16. The maximum atomic E-state index is 12.7. The SMILES string of the molecule is O=C(NCCc1nnc2ccccn12)c1ccccc1CCc1ccccc1. The Hall–Kier alpha value is -3.47. The van der Waals surface area contributed by atoms with Crippen LogP contribution in [0.2, 0.25) is 0 Å². The van der Waals surface area contributed by atoms with Crippen molar-refractivity contribution in [1.82, 2.24) is 19.9 Å². The molecule has 0 fully saturated rings. The van der Waals surface area contributed by atoms with Crippen LogP contribution in [-0.2, 0) is 19.3 Å². The summed E-state index contributed by atoms with van der Waals surface area (Å²) in [6.07, 6.45) is 4.31. The minimum absolute atomic E-state index is 0.0440. The highest BCUT2D eigenvalue weighted by molar-refractivity contribution is 5.95. The van der Waals surface area contributed by atoms with Crippen molar-refractivity contribution >= 4 is 11.6 Å². The number of hydrogen-bond acceptors (Lipinski definition) is 3. The Morgan fingerprint density at radius 1 is 0.821 bits per heavy atom. The first-order valence-corrected chi connectivity index (χ1v) is 9.50. The number of rotatable bonds is 7. The molecule has 4 rings (SSSR count). The largest absolute Gasteiger partial charge is 0.352 e. The van der Waals surface area contributed by atoms with Gasteiger partial charge in [-0.15, -0.1) is 10.2 Å². The van der Waals surface area contributed by atoms with Gasteiger partial charge in [0.1, 0.15) is 5.82 Å². The van der Waals surface area contributed by atoms with Crippen LogP contribution >= 0.6 is 0 Å². The van der Waals surface area contributed by atoms with Crippen LogP contribution in [0.1, 0.15) is 27.3 Å². The second-order valence-electron chi connectivity index (χ2n) is 6.69. The summed E-state index contributed by atoms with van der Waals surface area (Å²) in [7, 11) is 0. The van der Waals surface area contributed by atoms with E-state index in [0.29, 0.717) is 13.0 Å². The first-order chi connectivity index (χ1) is 13.8. The summed E-state index contributed by atoms with van der Waals surface area (Å²) in [6, 6.07) is 23.9. The molecule has 0 aliphatic heterocycles. The molecule has 1 N–H and O–H groups in total. The summed E-state index contributed by atoms with van der Waals surface area (Å²) in [5.74, 6) is 0.797. The standard InChI is InChI=1S/C23H22N4O/c28-23(24-16-15-22-26-25-21-12-6-7-17-27(21)22)20-11-5-4-10-19(20)14-13-18-8-2-1-3-9-18/h1-12,17H,13-16H2,(H,24,28). The highest BCUT2D eigenvalue weighted by Gasteiger charge is 2.11. The Kier molecular flexibility index (Phi) is 5.43. The quantitative estimate of drug-likeness (QED) is 0.542. The van der Waals surface area contributed by atoms with Crippen LogP contribution in [0.5, 0.6) is 0 Å². The summed E-state index contributed by atoms with van der Waals surface area (Å²) < 4.78 is 1.94. The number of fused-ring (bicyclic) bond motifs is 1. The monoisotopic (exact) mass is 370 g/mol. The number of carbonyl (C=O) groups excluding carboxylic acids is 1. The minimum Gasteiger partial charge on any atom is -0.352 e. The molecule has 2 aromatic heterocycles. The van der Waals surface area contributed by atoms with Crippen molar-refractivity contribution in [3.63, 3.8) is 0 Å². The summed E-state index contributed by atoms with van der Waals surface area (Å²) >= 11 is 0. The lowest BCUT2D eigenvalue weighted by Gasteiger charge is -2.10. The summed E-state index contributed by atoms with van der Waals surface area (Å²) in [6.45, 7) is 0.515. The van der Waals surface area contributed by atoms with E-state index in [1.807, 2.05) is 71.3 Å². The third-order valence-corrected chi connectivity index (χ3v) is 4.81. The number of carbonyl (C=O) groups is 1. The van der Waals surface area contributed by atoms with Gasteiger partial charge < -0.3 is 5.32 Å². The second-order valence-corrected chi connectivity index (χ2v) is 6.69. The number of nitrogens with zero attached hydrogens (tertiary/aromatic N) is 3. The molecule has 0 saturated heterocycles. The van der Waals surface area contributed by atoms with Gasteiger partial charge >= 0.3 is 0 Å². The van der Waals surface area contributed by atoms with Gasteiger partial charge in [0.15, 0.2) is 5.65 Å². The lowest BCUT2D eigenvalue weighted by Crippen LogP contribution is -2.27. The molecule has 0 bridgehead atoms. The smallest absolute Gasteiger partial charge is 0.251 e. The molecule has 0 spiro atoms. The van der Waals surface area contributed by atoms with Crippen molar-refractivity contribution < 1.29 is 4.79 Å². The maximum Gasteiger partial charge on any atom is 0.251 e. The Morgan fingerprint density at radius 2 is 1.61 bits per heavy atom. The number of hydrogen-bond donors (Lipinski definition) is 1. The van der Waals surface area contributed by atoms with E-state index in [4.69, 9.17) is 0 Å². The maximum absolute atomic E-state index is 12.7. The van der Waals surface area contributed by atoms with Crippen molar-refractivity contribution in [2.24, 2.45) is 0 Å². The Morgan fingerprint density at radius 3 is 2.50 bits per heavy atom. The van der Waals surface area contributed by atoms with Gasteiger partial charge in [-0.25, -0.2) is 0 Å². The lowest BCUT2D eigenvalue weighted by atomic mass is 9.99. The van der Waals surface area contributed by atoms with E-state index in [1.54, 1.807) is 0 Å². The topological polar surface area (TPSA) is 59.3 Å². The molecule has 0 saturated carbocycles. The van der Waals surface area contributed by atoms with Crippen LogP contribution in [0.3, 0.4) is 0 Å². The van der Waals surface area contributed by atoms with Crippen molar-refractivity contribution in [2.45, 2.75) is 19.3 Å². The van der Waals surface area contributed by atoms with Crippen LogP contribution in [0.15, 0.2) is 79.0 Å². The second kappa shape index (κ2) is 8.48. The third kappa shape index (κ3) is 4.09. The molecule has 2 heterocycles. The van der Waals surface area contributed by atoms with Crippen LogP contribution in [0.25, 0.3) is 5.65 Å². The van der Waals surface area contributed by atoms with Crippen LogP contribution < -0.4 is 5.32 Å². The molecule has 0 unspecified atom stereocenters. The highest BCUT2D eigenvalue weighted by atomic mass is 16.1. The summed E-state index contributed by atoms with van der Waals surface area (Å²) in [4.78, 5) is 12.7. The molecule has 0 radical (unpaired) electrons. The molecule has 4 aromatic rings. The minimum atomic E-state index is -0.0440. The van der Waals surface area contributed by atoms with Crippen LogP contribution in [0.4, 0.5) is 0 Å². The first-order valence-electron chi connectivity index (χ1n) is 9.50. The number of nitrogens with one attached hydrogen (secondary N) is 1. The Bertz CT molecular complexity index is 1070. The van der Waals surface area contributed by atoms with Crippen molar-refractivity contribution in [3.05, 3.63) is 102 Å². The summed E-state index contributed by atoms with van der Waals surface area (Å²) in [5, 5.41) is 11.4. The zero-order valence-electron chi connectivity index (χ0n) is 15.6. The predicted octanol–water partition coefficient (Wildman–Crippen LogP) is 3.49. The van der Waals surface area contributed by atoms with E-state index in [2.05, 4.69) is 27.6 Å². The zero-order chi connectivity index (χ0) is 19.2. The number of aryl methyl sites for hydroxylation is 2. The van der Waals surface area contributed by atoms with Crippen LogP contribution in [-0.4, -0.2) is 27.0 Å². The predicted molar refractivity (Wildman–Crippen MR) is 109 cm³/mol. The van der Waals surface area contributed by atoms with Gasteiger partial charge in [-0.1, -0.05) is 54.6 Å². The van der Waals surface area contributed by atoms with Gasteiger partial charge in [-0.05, 0) is 42.2 Å². The van der Waals surface area contributed by atoms with E-state index in [9.17, 15) is 4.79 Å². The van der Waals surface area contributed by atoms with E-state index < -0.39 is 0 Å². The molecule has 5 heteroatoms. The molecule has 0 atom stereocenters. The molecule has 1 amide bonds. The number of benzene rings is 2. The van der Waals surface area contributed by atoms with E-state index in [-0.39, 0.29) is 5.91 Å². The number of pyridine rings is 1. The molecular weight excluding hydrogens is 348 g/mol. The third-order valence-electron chi connectivity index (χ3n) is 4.81. The van der Waals surface area contributed by atoms with Gasteiger partial charge in [0, 0.05) is 24.7 Å². The van der Waals surface area contributed by atoms with E-state index in [0.717, 1.165) is 35.4 Å². The molecule has 0 aliphatic rings. The molecule has 28 heavy (non-hydrogen) atoms. The lowest BCUT2D eigenvalue weighted by molar-refractivity contribution is 0.0953. The normalized spacial score (nSPS) is 10.9. The first kappa shape index (κ1) is 17.9. The van der Waals surface area contributed by atoms with Crippen molar-refractivity contribution in [3.8, 4) is 0 Å². The van der Waals surface area contributed by atoms with Gasteiger partial charge in [0.25, 0.3) is 5.91 Å². The molecule has 140 valence electrons. The van der Waals surface area contributed by atoms with Gasteiger partial charge in [0.05, 0.1) is 0 Å². The fraction of sp³-hybridized carbons (Fsp3) is 0.174. The van der Waals surface area contributed by atoms with Crippen molar-refractivity contribution in [1.29, 1.82) is 0 Å². The van der Waals surface area contributed by atoms with Gasteiger partial charge in [0.2, 0.25) is 0 Å². The molecule has 0 aliphatic carbocycles. The fourth-order valence-electron chi connectivity index (χ4n) is 3.33. The van der Waals surface area contributed by atoms with E-state index in [1.165, 1.54) is 5.56 Å². The van der Waals surface area contributed by atoms with Gasteiger partial charge in [-0.3, -0.25) is 9.20 Å². The summed E-state index contributed by atoms with van der Waals surface area (Å²) in [5.41, 5.74) is 3.90. The number of aromatic nitrogens is 3. The zero-order valence-corrected chi connectivity index (χ0v) is 15.6. The fourth-order valence-corrected chi connectivity index (χ4v) is 3.33.